The van der Waals surface area contributed by atoms with Gasteiger partial charge in [0, 0.05) is 19.2 Å². The van der Waals surface area contributed by atoms with Crippen LogP contribution in [0, 0.1) is 0 Å². The molecule has 0 aliphatic rings. The van der Waals surface area contributed by atoms with Crippen molar-refractivity contribution in [1.82, 2.24) is 10.6 Å². The Morgan fingerprint density at radius 3 is 1.96 bits per heavy atom. The minimum Gasteiger partial charge on any atom is -0.379 e. The van der Waals surface area contributed by atoms with Crippen molar-refractivity contribution < 1.29 is 9.47 Å². The van der Waals surface area contributed by atoms with Crippen LogP contribution in [0.2, 0.25) is 18.1 Å². The molecule has 0 heterocycles. The summed E-state index contributed by atoms with van der Waals surface area (Å²) in [6.07, 6.45) is 0.875. The molecule has 0 unspecified atom stereocenters. The third-order valence-corrected chi connectivity index (χ3v) is 13.0. The molecule has 0 aromatic carbocycles. The van der Waals surface area contributed by atoms with Crippen LogP contribution in [0.4, 0.5) is 0 Å². The zero-order chi connectivity index (χ0) is 20.8. The molecule has 0 amide bonds. The molecular weight excluding hydrogens is 360 g/mol. The second kappa shape index (κ2) is 9.85. The van der Waals surface area contributed by atoms with E-state index in [2.05, 4.69) is 86.0 Å². The lowest BCUT2D eigenvalue weighted by Crippen LogP contribution is -2.58. The van der Waals surface area contributed by atoms with Gasteiger partial charge in [0.25, 0.3) is 0 Å². The fraction of sp³-hybridized carbons (Fsp3) is 0.950. The fourth-order valence-electron chi connectivity index (χ4n) is 2.51. The molecule has 0 aromatic heterocycles. The Hall–Kier alpha value is -0.173. The van der Waals surface area contributed by atoms with Gasteiger partial charge in [0.15, 0.2) is 5.11 Å². The van der Waals surface area contributed by atoms with Crippen molar-refractivity contribution in [3.8, 4) is 0 Å². The molecule has 26 heavy (non-hydrogen) atoms. The van der Waals surface area contributed by atoms with E-state index in [4.69, 9.17) is 21.7 Å². The van der Waals surface area contributed by atoms with E-state index in [1.165, 1.54) is 0 Å². The maximum absolute atomic E-state index is 6.38. The SMILES string of the molecule is CC(C)NC(=S)NCCOC(C)(C)CCOC(C)(C)[Si](C)(C)C(C)(C)C. The molecule has 0 radical (unpaired) electrons. The molecule has 0 spiro atoms. The van der Waals surface area contributed by atoms with Gasteiger partial charge in [-0.1, -0.05) is 33.9 Å². The first-order valence-corrected chi connectivity index (χ1v) is 13.2. The zero-order valence-corrected chi connectivity index (χ0v) is 20.9. The van der Waals surface area contributed by atoms with Crippen LogP contribution in [0.3, 0.4) is 0 Å². The lowest BCUT2D eigenvalue weighted by atomic mass is 10.1. The zero-order valence-electron chi connectivity index (χ0n) is 19.1. The Morgan fingerprint density at radius 1 is 0.962 bits per heavy atom. The number of rotatable bonds is 10. The van der Waals surface area contributed by atoms with E-state index in [-0.39, 0.29) is 10.8 Å². The Balaban J connectivity index is 4.30. The van der Waals surface area contributed by atoms with E-state index in [0.29, 0.717) is 36.0 Å². The minimum atomic E-state index is -1.58. The molecule has 0 bridgehead atoms. The van der Waals surface area contributed by atoms with Crippen LogP contribution in [0.1, 0.15) is 68.7 Å². The minimum absolute atomic E-state index is 0.0718. The summed E-state index contributed by atoms with van der Waals surface area (Å²) in [5.74, 6) is 0. The second-order valence-electron chi connectivity index (χ2n) is 10.1. The maximum Gasteiger partial charge on any atom is 0.166 e. The van der Waals surface area contributed by atoms with Crippen molar-refractivity contribution in [2.24, 2.45) is 0 Å². The first-order valence-electron chi connectivity index (χ1n) is 9.84. The van der Waals surface area contributed by atoms with Crippen LogP contribution < -0.4 is 10.6 Å². The molecule has 0 aromatic rings. The third-order valence-electron chi connectivity index (χ3n) is 5.85. The molecule has 156 valence electrons. The van der Waals surface area contributed by atoms with E-state index < -0.39 is 8.07 Å². The normalized spacial score (nSPS) is 13.8. The van der Waals surface area contributed by atoms with E-state index in [0.717, 1.165) is 6.42 Å². The predicted octanol–water partition coefficient (Wildman–Crippen LogP) is 4.89. The Bertz CT molecular complexity index is 444. The lowest BCUT2D eigenvalue weighted by molar-refractivity contribution is -0.0536. The Kier molecular flexibility index (Phi) is 9.78. The molecule has 0 atom stereocenters. The Morgan fingerprint density at radius 2 is 1.50 bits per heavy atom. The predicted molar refractivity (Wildman–Crippen MR) is 121 cm³/mol. The standard InChI is InChI=1S/C20H44N2O2SSi/c1-16(2)22-17(25)21-13-15-23-19(6,7)12-14-24-20(8,9)26(10,11)18(3,4)5/h16H,12-15H2,1-11H3,(H2,21,22,25). The highest BCUT2D eigenvalue weighted by molar-refractivity contribution is 7.80. The van der Waals surface area contributed by atoms with Gasteiger partial charge in [-0.25, -0.2) is 0 Å². The summed E-state index contributed by atoms with van der Waals surface area (Å²) in [5.41, 5.74) is -0.210. The van der Waals surface area contributed by atoms with Gasteiger partial charge in [0.2, 0.25) is 0 Å². The molecule has 0 rings (SSSR count). The molecule has 0 saturated heterocycles. The summed E-state index contributed by atoms with van der Waals surface area (Å²) in [5, 5.41) is 7.25. The smallest absolute Gasteiger partial charge is 0.166 e. The van der Waals surface area contributed by atoms with Gasteiger partial charge < -0.3 is 20.1 Å². The van der Waals surface area contributed by atoms with Crippen molar-refractivity contribution in [2.75, 3.05) is 19.8 Å². The lowest BCUT2D eigenvalue weighted by Gasteiger charge is -2.48. The van der Waals surface area contributed by atoms with E-state index in [9.17, 15) is 0 Å². The molecule has 0 fully saturated rings. The largest absolute Gasteiger partial charge is 0.379 e. The third kappa shape index (κ3) is 8.68. The summed E-state index contributed by atoms with van der Waals surface area (Å²) in [6.45, 7) is 26.8. The van der Waals surface area contributed by atoms with Crippen LogP contribution in [0.15, 0.2) is 0 Å². The summed E-state index contributed by atoms with van der Waals surface area (Å²) >= 11 is 5.22. The monoisotopic (exact) mass is 404 g/mol. The van der Waals surface area contributed by atoms with Gasteiger partial charge in [-0.15, -0.1) is 0 Å². The van der Waals surface area contributed by atoms with Gasteiger partial charge in [-0.05, 0) is 65.2 Å². The highest BCUT2D eigenvalue weighted by atomic mass is 32.1. The first kappa shape index (κ1) is 25.8. The number of ether oxygens (including phenoxy) is 2. The molecule has 0 aliphatic heterocycles. The van der Waals surface area contributed by atoms with Crippen molar-refractivity contribution >= 4 is 25.4 Å². The highest BCUT2D eigenvalue weighted by Crippen LogP contribution is 2.44. The molecule has 0 saturated carbocycles. The summed E-state index contributed by atoms with van der Waals surface area (Å²) in [7, 11) is -1.58. The van der Waals surface area contributed by atoms with Crippen molar-refractivity contribution in [2.45, 2.75) is 104 Å². The molecule has 2 N–H and O–H groups in total. The number of hydrogen-bond donors (Lipinski definition) is 2. The van der Waals surface area contributed by atoms with Crippen LogP contribution in [0.25, 0.3) is 0 Å². The van der Waals surface area contributed by atoms with Crippen molar-refractivity contribution in [3.05, 3.63) is 0 Å². The summed E-state index contributed by atoms with van der Waals surface area (Å²) in [6, 6.07) is 0.341. The van der Waals surface area contributed by atoms with Gasteiger partial charge in [0.1, 0.15) is 0 Å². The van der Waals surface area contributed by atoms with E-state index in [1.807, 2.05) is 0 Å². The maximum atomic E-state index is 6.38. The molecule has 4 nitrogen and oxygen atoms in total. The number of thiocarbonyl (C=S) groups is 1. The molecular formula is C20H44N2O2SSi. The molecule has 6 heteroatoms. The number of hydrogen-bond acceptors (Lipinski definition) is 3. The second-order valence-corrected chi connectivity index (χ2v) is 16.5. The van der Waals surface area contributed by atoms with Gasteiger partial charge in [-0.3, -0.25) is 0 Å². The average molecular weight is 405 g/mol. The van der Waals surface area contributed by atoms with E-state index >= 15 is 0 Å². The van der Waals surface area contributed by atoms with E-state index in [1.54, 1.807) is 0 Å². The quantitative estimate of drug-likeness (QED) is 0.308. The Labute approximate surface area is 169 Å². The van der Waals surface area contributed by atoms with Gasteiger partial charge in [-0.2, -0.15) is 0 Å². The average Bonchev–Trinajstić information content (AvgIpc) is 2.41. The summed E-state index contributed by atoms with van der Waals surface area (Å²) < 4.78 is 12.4. The van der Waals surface area contributed by atoms with Crippen LogP contribution in [-0.2, 0) is 9.47 Å². The highest BCUT2D eigenvalue weighted by Gasteiger charge is 2.48. The number of nitrogens with one attached hydrogen (secondary N) is 2. The van der Waals surface area contributed by atoms with Crippen LogP contribution in [0.5, 0.6) is 0 Å². The van der Waals surface area contributed by atoms with Crippen molar-refractivity contribution in [1.29, 1.82) is 0 Å². The van der Waals surface area contributed by atoms with Gasteiger partial charge in [0.05, 0.1) is 25.5 Å². The summed E-state index contributed by atoms with van der Waals surface area (Å²) in [4.78, 5) is 0. The molecule has 0 aliphatic carbocycles. The van der Waals surface area contributed by atoms with Gasteiger partial charge >= 0.3 is 0 Å². The van der Waals surface area contributed by atoms with Crippen molar-refractivity contribution in [3.63, 3.8) is 0 Å². The van der Waals surface area contributed by atoms with Crippen LogP contribution >= 0.6 is 12.2 Å². The first-order chi connectivity index (χ1) is 11.5. The van der Waals surface area contributed by atoms with Crippen LogP contribution in [-0.4, -0.2) is 49.8 Å². The topological polar surface area (TPSA) is 42.5 Å². The fourth-order valence-corrected chi connectivity index (χ4v) is 5.12.